The van der Waals surface area contributed by atoms with Crippen LogP contribution in [0.2, 0.25) is 0 Å². The molecule has 0 fully saturated rings. The van der Waals surface area contributed by atoms with Crippen molar-refractivity contribution in [2.75, 3.05) is 0 Å². The second-order valence-corrected chi connectivity index (χ2v) is 12.2. The van der Waals surface area contributed by atoms with E-state index in [1.54, 1.807) is 0 Å². The Morgan fingerprint density at radius 1 is 0.123 bits per heavy atom. The van der Waals surface area contributed by atoms with Gasteiger partial charge in [0.15, 0.2) is 0 Å². The van der Waals surface area contributed by atoms with E-state index in [-0.39, 0.29) is 119 Å². The van der Waals surface area contributed by atoms with Gasteiger partial charge in [0.2, 0.25) is 0 Å². The van der Waals surface area contributed by atoms with Crippen LogP contribution in [0.1, 0.15) is 0 Å². The molecule has 0 aromatic rings. The number of rotatable bonds is 0. The van der Waals surface area contributed by atoms with Gasteiger partial charge in [0, 0.05) is 104 Å². The molecule has 57 heteroatoms. The molecule has 0 aromatic heterocycles. The van der Waals surface area contributed by atoms with Gasteiger partial charge in [0.1, 0.15) is 0 Å². The summed E-state index contributed by atoms with van der Waals surface area (Å²) in [6.45, 7) is 0. The average Bonchev–Trinajstić information content (AvgIpc) is 2.34. The SMILES string of the molecule is O=S(=O)([O-])[O-].O=S(=O)([O-])[O-].O=S(=O)([O-])[O-].O=S(=O)([O-])[O-].O=S(=O)([O-])[O-].O=S(=O)([O-])[O-].O=S(=O)([O-])[O-].O=S(=O)([O-])[O-].O=S(=O)([O-])[O-].O=S(=O)([O-])[O-].[Cu+2].[Cu+2].[Cu+2].[Cu+2].[Cu+2].[Cu+2].[Cu+2]. The molecule has 0 N–H and O–H groups in total. The van der Waals surface area contributed by atoms with Gasteiger partial charge in [-0.15, -0.1) is 0 Å². The van der Waals surface area contributed by atoms with Crippen molar-refractivity contribution in [3.8, 4) is 0 Å². The zero-order valence-corrected chi connectivity index (χ0v) is 37.3. The van der Waals surface area contributed by atoms with Crippen LogP contribution in [0, 0.1) is 0 Å². The minimum atomic E-state index is -5.17. The summed E-state index contributed by atoms with van der Waals surface area (Å²) in [7, 11) is -51.7. The van der Waals surface area contributed by atoms with Crippen LogP contribution in [0.25, 0.3) is 0 Å². The van der Waals surface area contributed by atoms with Crippen LogP contribution in [0.3, 0.4) is 0 Å². The Morgan fingerprint density at radius 2 is 0.123 bits per heavy atom. The Morgan fingerprint density at radius 3 is 0.123 bits per heavy atom. The van der Waals surface area contributed by atoms with Crippen molar-refractivity contribution in [1.82, 2.24) is 0 Å². The first-order valence-electron chi connectivity index (χ1n) is 6.67. The molecule has 0 rings (SSSR count). The third kappa shape index (κ3) is 33900. The van der Waals surface area contributed by atoms with E-state index >= 15 is 0 Å². The fourth-order valence-electron chi connectivity index (χ4n) is 0. The predicted octanol–water partition coefficient (Wildman–Crippen LogP) is -13.4. The van der Waals surface area contributed by atoms with E-state index in [0.29, 0.717) is 0 Å². The molecule has 0 aromatic carbocycles. The van der Waals surface area contributed by atoms with Crippen LogP contribution >= 0.6 is 0 Å². The van der Waals surface area contributed by atoms with Crippen molar-refractivity contribution in [2.24, 2.45) is 0 Å². The fraction of sp³-hybridized carbons (Fsp3) is 0. The molecule has 57 heavy (non-hydrogen) atoms. The Balaban J connectivity index is -0.0000000205. The monoisotopic (exact) mass is 1400 g/mol. The van der Waals surface area contributed by atoms with E-state index < -0.39 is 104 Å². The summed E-state index contributed by atoms with van der Waals surface area (Å²) in [6, 6.07) is 0. The maximum absolute atomic E-state index is 8.52. The van der Waals surface area contributed by atoms with Crippen LogP contribution in [0.4, 0.5) is 0 Å². The molecular weight excluding hydrogens is 1410 g/mol. The molecule has 0 aliphatic rings. The van der Waals surface area contributed by atoms with Crippen molar-refractivity contribution >= 4 is 104 Å². The first-order valence-corrected chi connectivity index (χ1v) is 20.0. The predicted molar refractivity (Wildman–Crippen MR) is 105 cm³/mol. The molecule has 0 aliphatic heterocycles. The zero-order chi connectivity index (χ0) is 45.0. The van der Waals surface area contributed by atoms with Crippen molar-refractivity contribution in [3.05, 3.63) is 0 Å². The summed E-state index contributed by atoms with van der Waals surface area (Å²) in [6.07, 6.45) is 0. The van der Waals surface area contributed by atoms with E-state index in [1.807, 2.05) is 0 Å². The van der Waals surface area contributed by atoms with Crippen LogP contribution in [-0.2, 0) is 223 Å². The van der Waals surface area contributed by atoms with Gasteiger partial charge < -0.3 is 91.1 Å². The summed E-state index contributed by atoms with van der Waals surface area (Å²) in [4.78, 5) is 0. The Bertz CT molecular complexity index is 1400. The molecule has 0 aliphatic carbocycles. The van der Waals surface area contributed by atoms with E-state index in [4.69, 9.17) is 175 Å². The fourth-order valence-corrected chi connectivity index (χ4v) is 0. The Kier molecular flexibility index (Phi) is 97.5. The molecule has 0 unspecified atom stereocenters. The van der Waals surface area contributed by atoms with E-state index in [2.05, 4.69) is 0 Å². The third-order valence-corrected chi connectivity index (χ3v) is 0. The van der Waals surface area contributed by atoms with E-state index in [0.717, 1.165) is 0 Å². The minimum absolute atomic E-state index is 0. The summed E-state index contributed by atoms with van der Waals surface area (Å²) in [5, 5.41) is 0. The van der Waals surface area contributed by atoms with Gasteiger partial charge >= 0.3 is 119 Å². The maximum Gasteiger partial charge on any atom is 2.00 e. The van der Waals surface area contributed by atoms with Crippen molar-refractivity contribution in [2.45, 2.75) is 0 Å². The summed E-state index contributed by atoms with van der Waals surface area (Å²) >= 11 is 0. The molecule has 0 saturated heterocycles. The van der Waals surface area contributed by atoms with Gasteiger partial charge in [0.05, 0.1) is 0 Å². The molecule has 0 spiro atoms. The molecule has 0 saturated carbocycles. The smallest absolute Gasteiger partial charge is 0.759 e. The Labute approximate surface area is 394 Å². The summed E-state index contributed by atoms with van der Waals surface area (Å²) in [5.74, 6) is 0. The van der Waals surface area contributed by atoms with Crippen LogP contribution < -0.4 is 0 Å². The summed E-state index contributed by atoms with van der Waals surface area (Å²) < 4.78 is 341. The third-order valence-electron chi connectivity index (χ3n) is 0. The van der Waals surface area contributed by atoms with Crippen LogP contribution in [0.5, 0.6) is 0 Å². The van der Waals surface area contributed by atoms with Gasteiger partial charge in [0.25, 0.3) is 0 Å². The normalized spacial score (nSPS) is 10.2. The second kappa shape index (κ2) is 49.4. The largest absolute Gasteiger partial charge is 2.00 e. The van der Waals surface area contributed by atoms with Crippen LogP contribution in [0.15, 0.2) is 0 Å². The number of hydrogen-bond acceptors (Lipinski definition) is 40. The molecule has 40 nitrogen and oxygen atoms in total. The van der Waals surface area contributed by atoms with Gasteiger partial charge in [-0.2, -0.15) is 0 Å². The summed E-state index contributed by atoms with van der Waals surface area (Å²) in [5.41, 5.74) is 0. The van der Waals surface area contributed by atoms with Gasteiger partial charge in [-0.05, 0) is 0 Å². The Hall–Kier alpha value is 2.34. The molecule has 0 bridgehead atoms. The first-order chi connectivity index (χ1) is 20.0. The van der Waals surface area contributed by atoms with E-state index in [1.165, 1.54) is 0 Å². The molecule has 0 heterocycles. The topological polar surface area (TPSA) is 803 Å². The van der Waals surface area contributed by atoms with Gasteiger partial charge in [-0.3, -0.25) is 84.2 Å². The first kappa shape index (κ1) is 113. The van der Waals surface area contributed by atoms with Crippen molar-refractivity contribution in [1.29, 1.82) is 0 Å². The quantitative estimate of drug-likeness (QED) is 0.123. The van der Waals surface area contributed by atoms with Crippen molar-refractivity contribution < 1.29 is 295 Å². The zero-order valence-electron chi connectivity index (χ0n) is 22.5. The van der Waals surface area contributed by atoms with Gasteiger partial charge in [-0.25, -0.2) is 0 Å². The average molecular weight is 1410 g/mol. The van der Waals surface area contributed by atoms with E-state index in [9.17, 15) is 0 Å². The molecule has 7 radical (unpaired) electrons. The standard InChI is InChI=1S/7Cu.10H2O4S/c;;;;;;;10*1-5(2,3)4/h;;;;;;;10*(H2,1,2,3,4)/q7*+2;;;;;;;;;;/p-20. The van der Waals surface area contributed by atoms with Gasteiger partial charge in [-0.1, -0.05) is 0 Å². The van der Waals surface area contributed by atoms with Crippen molar-refractivity contribution in [3.63, 3.8) is 0 Å². The number of hydrogen-bond donors (Lipinski definition) is 0. The molecule has 383 valence electrons. The van der Waals surface area contributed by atoms with Crippen LogP contribution in [-0.4, -0.2) is 175 Å². The second-order valence-electron chi connectivity index (χ2n) is 4.08. The molecule has 0 amide bonds. The maximum atomic E-state index is 8.52. The molecular formula is Cu7O40S10-6. The minimum Gasteiger partial charge on any atom is -0.759 e. The molecule has 0 atom stereocenters.